The predicted octanol–water partition coefficient (Wildman–Crippen LogP) is 10.2. The van der Waals surface area contributed by atoms with Crippen molar-refractivity contribution in [1.29, 1.82) is 0 Å². The van der Waals surface area contributed by atoms with E-state index < -0.39 is 67.1 Å². The summed E-state index contributed by atoms with van der Waals surface area (Å²) in [6, 6.07) is 5.23. The minimum absolute atomic E-state index is 0.0558. The number of halogens is 17. The topological polar surface area (TPSA) is 35.5 Å². The van der Waals surface area contributed by atoms with Gasteiger partial charge in [-0.1, -0.05) is 38.1 Å². The first-order chi connectivity index (χ1) is 21.5. The van der Waals surface area contributed by atoms with Crippen LogP contribution in [0, 0.1) is 11.8 Å². The van der Waals surface area contributed by atoms with E-state index in [0.717, 1.165) is 6.29 Å². The molecule has 0 aliphatic heterocycles. The molecular weight excluding hydrogens is 707 g/mol. The summed E-state index contributed by atoms with van der Waals surface area (Å²) in [5.41, 5.74) is 0.546. The Kier molecular flexibility index (Phi) is 13.5. The third-order valence-electron chi connectivity index (χ3n) is 7.05. The molecule has 20 heteroatoms. The van der Waals surface area contributed by atoms with E-state index >= 15 is 0 Å². The molecule has 0 aliphatic rings. The number of rotatable bonds is 19. The van der Waals surface area contributed by atoms with Crippen LogP contribution in [0.25, 0.3) is 0 Å². The number of alkyl halides is 17. The molecule has 0 aliphatic carbocycles. The number of carbonyl (C=O) groups is 1. The van der Waals surface area contributed by atoms with E-state index in [1.54, 1.807) is 13.8 Å². The van der Waals surface area contributed by atoms with Crippen molar-refractivity contribution in [3.8, 4) is 5.75 Å². The molecule has 1 rings (SSSR count). The van der Waals surface area contributed by atoms with Crippen molar-refractivity contribution < 1.29 is 88.9 Å². The molecule has 0 saturated carbocycles. The maximum Gasteiger partial charge on any atom is 0.460 e. The van der Waals surface area contributed by atoms with Crippen LogP contribution in [0.15, 0.2) is 36.4 Å². The van der Waals surface area contributed by atoms with Gasteiger partial charge in [0, 0.05) is 12.3 Å². The molecule has 0 aromatic heterocycles. The molecule has 1 aromatic rings. The Morgan fingerprint density at radius 2 is 1.12 bits per heavy atom. The Hall–Kier alpha value is -2.80. The van der Waals surface area contributed by atoms with Gasteiger partial charge in [-0.2, -0.15) is 74.6 Å². The number of carbonyl (C=O) groups excluding carboxylic acids is 1. The second-order valence-electron chi connectivity index (χ2n) is 10.9. The highest BCUT2D eigenvalue weighted by atomic mass is 19.4. The first kappa shape index (κ1) is 43.2. The van der Waals surface area contributed by atoms with Crippen molar-refractivity contribution in [1.82, 2.24) is 0 Å². The molecule has 0 radical (unpaired) electrons. The normalized spacial score (nSPS) is 16.6. The van der Waals surface area contributed by atoms with E-state index in [1.807, 2.05) is 19.1 Å². The van der Waals surface area contributed by atoms with E-state index in [1.165, 1.54) is 24.3 Å². The first-order valence-electron chi connectivity index (χ1n) is 13.6. The summed E-state index contributed by atoms with van der Waals surface area (Å²) in [4.78, 5) is 10.7. The van der Waals surface area contributed by atoms with Gasteiger partial charge in [-0.3, -0.25) is 0 Å². The zero-order valence-corrected chi connectivity index (χ0v) is 25.0. The quantitative estimate of drug-likeness (QED) is 0.0614. The van der Waals surface area contributed by atoms with Crippen molar-refractivity contribution in [2.45, 2.75) is 100 Å². The van der Waals surface area contributed by atoms with Crippen molar-refractivity contribution in [3.05, 3.63) is 42.0 Å². The fourth-order valence-corrected chi connectivity index (χ4v) is 3.62. The zero-order chi connectivity index (χ0) is 37.8. The van der Waals surface area contributed by atoms with Gasteiger partial charge in [0.1, 0.15) is 12.0 Å². The van der Waals surface area contributed by atoms with Crippen molar-refractivity contribution >= 4 is 6.29 Å². The van der Waals surface area contributed by atoms with Crippen molar-refractivity contribution in [2.75, 3.05) is 6.61 Å². The van der Waals surface area contributed by atoms with Crippen LogP contribution in [0.1, 0.15) is 45.6 Å². The van der Waals surface area contributed by atoms with Crippen LogP contribution in [0.2, 0.25) is 0 Å². The number of hydrogen-bond donors (Lipinski definition) is 0. The molecule has 0 heterocycles. The molecule has 0 spiro atoms. The highest BCUT2D eigenvalue weighted by molar-refractivity contribution is 5.53. The maximum atomic E-state index is 14.0. The van der Waals surface area contributed by atoms with Crippen LogP contribution in [0.5, 0.6) is 5.75 Å². The summed E-state index contributed by atoms with van der Waals surface area (Å²) in [6.45, 7) is 4.38. The van der Waals surface area contributed by atoms with Crippen LogP contribution >= 0.6 is 0 Å². The van der Waals surface area contributed by atoms with Gasteiger partial charge in [0.15, 0.2) is 0 Å². The highest BCUT2D eigenvalue weighted by Gasteiger charge is 2.95. The number of allylic oxidation sites excluding steroid dienone is 1. The Morgan fingerprint density at radius 3 is 1.58 bits per heavy atom. The molecule has 0 amide bonds. The predicted molar refractivity (Wildman–Crippen MR) is 134 cm³/mol. The van der Waals surface area contributed by atoms with Crippen LogP contribution in [-0.4, -0.2) is 66.6 Å². The lowest BCUT2D eigenvalue weighted by Crippen LogP contribution is -2.74. The van der Waals surface area contributed by atoms with E-state index in [4.69, 9.17) is 9.47 Å². The third-order valence-corrected chi connectivity index (χ3v) is 7.05. The lowest BCUT2D eigenvalue weighted by atomic mass is 9.88. The standard InChI is InChI=1S/C28H29F17O3/c1-16(14-46)6-4-7-17(2)18(3)48-15-19-8-10-20(11-9-19)47-13-5-12-21(29,30)22(31,32)23(33,34)24(35,36)25(37,38)26(39,40)27(41,42)28(43,44)45/h4,7-11,14,16-18H,5-6,12-13,15H2,1-3H3/b7-4+/t16-,17-,18-/m1/s1. The summed E-state index contributed by atoms with van der Waals surface area (Å²) in [6.07, 6.45) is -7.05. The van der Waals surface area contributed by atoms with Gasteiger partial charge in [0.05, 0.1) is 19.3 Å². The Balaban J connectivity index is 2.89. The summed E-state index contributed by atoms with van der Waals surface area (Å²) < 4.78 is 238. The molecule has 1 aromatic carbocycles. The third kappa shape index (κ3) is 8.49. The fraction of sp³-hybridized carbons (Fsp3) is 0.679. The average molecular weight is 737 g/mol. The zero-order valence-electron chi connectivity index (χ0n) is 25.0. The van der Waals surface area contributed by atoms with Crippen molar-refractivity contribution in [3.63, 3.8) is 0 Å². The van der Waals surface area contributed by atoms with E-state index in [9.17, 15) is 79.4 Å². The minimum atomic E-state index is -8.65. The van der Waals surface area contributed by atoms with E-state index in [0.29, 0.717) is 12.0 Å². The molecule has 0 N–H and O–H groups in total. The second kappa shape index (κ2) is 15.0. The van der Waals surface area contributed by atoms with Crippen LogP contribution in [0.3, 0.4) is 0 Å². The molecule has 3 nitrogen and oxygen atoms in total. The van der Waals surface area contributed by atoms with Gasteiger partial charge in [-0.15, -0.1) is 0 Å². The molecule has 0 fully saturated rings. The van der Waals surface area contributed by atoms with Gasteiger partial charge in [-0.25, -0.2) is 0 Å². The summed E-state index contributed by atoms with van der Waals surface area (Å²) >= 11 is 0. The lowest BCUT2D eigenvalue weighted by molar-refractivity contribution is -0.461. The summed E-state index contributed by atoms with van der Waals surface area (Å²) in [5, 5.41) is 0. The summed E-state index contributed by atoms with van der Waals surface area (Å²) in [5.74, 6) is -56.8. The Morgan fingerprint density at radius 1 is 0.667 bits per heavy atom. The molecular formula is C28H29F17O3. The summed E-state index contributed by atoms with van der Waals surface area (Å²) in [7, 11) is 0. The maximum absolute atomic E-state index is 14.0. The van der Waals surface area contributed by atoms with Gasteiger partial charge in [-0.05, 0) is 43.4 Å². The fourth-order valence-electron chi connectivity index (χ4n) is 3.62. The molecule has 0 unspecified atom stereocenters. The van der Waals surface area contributed by atoms with Gasteiger partial charge in [0.2, 0.25) is 0 Å². The van der Waals surface area contributed by atoms with Crippen LogP contribution in [0.4, 0.5) is 74.6 Å². The Bertz CT molecular complexity index is 1210. The minimum Gasteiger partial charge on any atom is -0.494 e. The van der Waals surface area contributed by atoms with Gasteiger partial charge in [0.25, 0.3) is 0 Å². The van der Waals surface area contributed by atoms with Crippen molar-refractivity contribution in [2.24, 2.45) is 11.8 Å². The number of hydrogen-bond acceptors (Lipinski definition) is 3. The monoisotopic (exact) mass is 736 g/mol. The lowest BCUT2D eigenvalue weighted by Gasteiger charge is -2.42. The largest absolute Gasteiger partial charge is 0.494 e. The smallest absolute Gasteiger partial charge is 0.460 e. The van der Waals surface area contributed by atoms with E-state index in [2.05, 4.69) is 0 Å². The molecule has 48 heavy (non-hydrogen) atoms. The SMILES string of the molecule is C[C@H](/C=C/C[C@@H](C)C=O)[C@@H](C)OCc1ccc(OCCCC(F)(F)C(F)(F)C(F)(F)C(F)(F)C(F)(F)C(F)(F)C(F)(F)C(F)(F)F)cc1. The Labute approximate surface area is 262 Å². The van der Waals surface area contributed by atoms with Crippen LogP contribution < -0.4 is 4.74 Å². The number of aldehydes is 1. The highest BCUT2D eigenvalue weighted by Crippen LogP contribution is 2.64. The van der Waals surface area contributed by atoms with Crippen LogP contribution in [-0.2, 0) is 16.1 Å². The number of ether oxygens (including phenoxy) is 2. The molecule has 0 bridgehead atoms. The first-order valence-corrected chi connectivity index (χ1v) is 13.6. The van der Waals surface area contributed by atoms with Gasteiger partial charge < -0.3 is 14.3 Å². The molecule has 278 valence electrons. The average Bonchev–Trinajstić information content (AvgIpc) is 2.97. The number of benzene rings is 1. The van der Waals surface area contributed by atoms with Gasteiger partial charge >= 0.3 is 47.6 Å². The van der Waals surface area contributed by atoms with E-state index in [-0.39, 0.29) is 30.3 Å². The molecule has 3 atom stereocenters. The second-order valence-corrected chi connectivity index (χ2v) is 10.9. The molecule has 0 saturated heterocycles.